The molecule has 16 nitrogen and oxygen atoms in total. The third-order valence-electron chi connectivity index (χ3n) is 10.7. The fraction of sp³-hybridized carbons (Fsp3) is 0.571. The van der Waals surface area contributed by atoms with Crippen LogP contribution in [0, 0.1) is 5.92 Å². The first-order chi connectivity index (χ1) is 28.2. The summed E-state index contributed by atoms with van der Waals surface area (Å²) < 4.78 is 24.6. The summed E-state index contributed by atoms with van der Waals surface area (Å²) in [6.45, 7) is 4.77. The average molecular weight is 841 g/mol. The SMILES string of the molecule is COC(=O)[C@H](CC(C)C)NC(=O)[C@@H]1CCCN1C(=O)CCP(=O)(O)[C@H](Cc1ccccc1)NC(=O)[C@H](CCCCN)NC(=O)[C@@H]1CCCN1C(=O)OCc1ccccc1. The van der Waals surface area contributed by atoms with Gasteiger partial charge >= 0.3 is 12.1 Å². The summed E-state index contributed by atoms with van der Waals surface area (Å²) in [6, 6.07) is 14.2. The fourth-order valence-electron chi connectivity index (χ4n) is 7.47. The van der Waals surface area contributed by atoms with E-state index in [1.807, 2.05) is 44.2 Å². The summed E-state index contributed by atoms with van der Waals surface area (Å²) in [5, 5.41) is 8.26. The van der Waals surface area contributed by atoms with Gasteiger partial charge in [-0.1, -0.05) is 74.5 Å². The van der Waals surface area contributed by atoms with Crippen LogP contribution in [0.2, 0.25) is 0 Å². The van der Waals surface area contributed by atoms with Crippen molar-refractivity contribution in [3.63, 3.8) is 0 Å². The van der Waals surface area contributed by atoms with Gasteiger partial charge in [-0.25, -0.2) is 9.59 Å². The third kappa shape index (κ3) is 14.2. The predicted molar refractivity (Wildman–Crippen MR) is 221 cm³/mol. The monoisotopic (exact) mass is 840 g/mol. The molecular formula is C42H61N6O10P. The molecule has 17 heteroatoms. The minimum absolute atomic E-state index is 0.0358. The highest BCUT2D eigenvalue weighted by molar-refractivity contribution is 7.58. The summed E-state index contributed by atoms with van der Waals surface area (Å²) >= 11 is 0. The molecule has 0 saturated carbocycles. The zero-order valence-electron chi connectivity index (χ0n) is 34.4. The van der Waals surface area contributed by atoms with Gasteiger partial charge in [0.1, 0.15) is 36.6 Å². The molecule has 2 saturated heterocycles. The van der Waals surface area contributed by atoms with Gasteiger partial charge in [0.2, 0.25) is 31.0 Å². The van der Waals surface area contributed by atoms with Crippen molar-refractivity contribution in [3.8, 4) is 0 Å². The first kappa shape index (κ1) is 46.9. The minimum atomic E-state index is -4.34. The number of nitrogens with two attached hydrogens (primary N) is 1. The lowest BCUT2D eigenvalue weighted by atomic mass is 10.0. The van der Waals surface area contributed by atoms with Gasteiger partial charge in [0.05, 0.1) is 7.11 Å². The second-order valence-corrected chi connectivity index (χ2v) is 18.2. The zero-order valence-corrected chi connectivity index (χ0v) is 35.3. The lowest BCUT2D eigenvalue weighted by molar-refractivity contribution is -0.146. The highest BCUT2D eigenvalue weighted by atomic mass is 31.2. The Balaban J connectivity index is 1.45. The normalized spacial score (nSPS) is 18.9. The van der Waals surface area contributed by atoms with Gasteiger partial charge in [-0.05, 0) is 75.0 Å². The number of ether oxygens (including phenoxy) is 2. The summed E-state index contributed by atoms with van der Waals surface area (Å²) in [6.07, 6.45) is 1.83. The molecule has 2 aliphatic rings. The second-order valence-electron chi connectivity index (χ2n) is 15.6. The van der Waals surface area contributed by atoms with Crippen LogP contribution in [0.25, 0.3) is 0 Å². The van der Waals surface area contributed by atoms with Gasteiger partial charge in [-0.3, -0.25) is 28.6 Å². The number of hydrogen-bond acceptors (Lipinski definition) is 10. The molecule has 4 rings (SSSR count). The van der Waals surface area contributed by atoms with E-state index in [0.29, 0.717) is 63.6 Å². The van der Waals surface area contributed by atoms with E-state index in [0.717, 1.165) is 5.56 Å². The standard InChI is InChI=1S/C42H61N6O10P/c1-29(2)26-33(41(53)57-3)45-39(51)34-19-12-23-47(34)37(49)21-25-59(55,56)36(27-30-14-6-4-7-15-30)46-38(50)32(18-10-11-22-43)44-40(52)35-20-13-24-48(35)42(54)58-28-31-16-8-5-9-17-31/h4-9,14-17,29,32-36H,10-13,18-28,43H2,1-3H3,(H,44,52)(H,45,51)(H,46,50)(H,55,56)/t32-,33-,34-,35-,36+/m0/s1. The summed E-state index contributed by atoms with van der Waals surface area (Å²) in [5.41, 5.74) is 7.19. The molecule has 0 aromatic heterocycles. The molecular weight excluding hydrogens is 779 g/mol. The molecule has 0 bridgehead atoms. The van der Waals surface area contributed by atoms with Gasteiger partial charge in [0.15, 0.2) is 0 Å². The number of nitrogens with zero attached hydrogens (tertiary/aromatic N) is 2. The van der Waals surface area contributed by atoms with E-state index in [2.05, 4.69) is 16.0 Å². The third-order valence-corrected chi connectivity index (χ3v) is 12.8. The number of carbonyl (C=O) groups is 6. The van der Waals surface area contributed by atoms with Crippen LogP contribution in [-0.2, 0) is 51.0 Å². The summed E-state index contributed by atoms with van der Waals surface area (Å²) in [7, 11) is -3.10. The molecule has 0 spiro atoms. The Morgan fingerprint density at radius 2 is 1.41 bits per heavy atom. The van der Waals surface area contributed by atoms with E-state index in [4.69, 9.17) is 15.2 Å². The molecule has 2 aromatic rings. The molecule has 2 aliphatic heterocycles. The molecule has 1 unspecified atom stereocenters. The van der Waals surface area contributed by atoms with E-state index in [1.165, 1.54) is 16.9 Å². The average Bonchev–Trinajstić information content (AvgIpc) is 3.93. The van der Waals surface area contributed by atoms with E-state index in [9.17, 15) is 38.2 Å². The Morgan fingerprint density at radius 3 is 2.00 bits per heavy atom. The first-order valence-electron chi connectivity index (χ1n) is 20.5. The number of nitrogens with one attached hydrogen (secondary N) is 3. The number of hydrogen-bond donors (Lipinski definition) is 5. The fourth-order valence-corrected chi connectivity index (χ4v) is 9.12. The maximum Gasteiger partial charge on any atom is 0.410 e. The van der Waals surface area contributed by atoms with E-state index < -0.39 is 79.2 Å². The molecule has 0 radical (unpaired) electrons. The Morgan fingerprint density at radius 1 is 0.831 bits per heavy atom. The summed E-state index contributed by atoms with van der Waals surface area (Å²) in [5.74, 6) is -4.07. The van der Waals surface area contributed by atoms with Crippen molar-refractivity contribution in [1.82, 2.24) is 25.8 Å². The lowest BCUT2D eigenvalue weighted by Crippen LogP contribution is -2.54. The molecule has 6 atom stereocenters. The lowest BCUT2D eigenvalue weighted by Gasteiger charge is -2.29. The summed E-state index contributed by atoms with van der Waals surface area (Å²) in [4.78, 5) is 94.5. The van der Waals surface area contributed by atoms with Gasteiger partial charge in [-0.2, -0.15) is 0 Å². The largest absolute Gasteiger partial charge is 0.467 e. The van der Waals surface area contributed by atoms with Crippen LogP contribution in [-0.4, -0.2) is 113 Å². The van der Waals surface area contributed by atoms with E-state index in [1.54, 1.807) is 30.3 Å². The van der Waals surface area contributed by atoms with Crippen LogP contribution < -0.4 is 21.7 Å². The van der Waals surface area contributed by atoms with E-state index >= 15 is 0 Å². The highest BCUT2D eigenvalue weighted by Crippen LogP contribution is 2.47. The minimum Gasteiger partial charge on any atom is -0.467 e. The van der Waals surface area contributed by atoms with Crippen molar-refractivity contribution in [2.75, 3.05) is 32.9 Å². The van der Waals surface area contributed by atoms with Crippen LogP contribution in [0.15, 0.2) is 60.7 Å². The van der Waals surface area contributed by atoms with Gasteiger partial charge in [0, 0.05) is 32.1 Å². The van der Waals surface area contributed by atoms with Crippen molar-refractivity contribution in [2.45, 2.75) is 115 Å². The number of esters is 1. The molecule has 59 heavy (non-hydrogen) atoms. The number of benzene rings is 2. The van der Waals surface area contributed by atoms with Crippen LogP contribution in [0.4, 0.5) is 4.79 Å². The smallest absolute Gasteiger partial charge is 0.410 e. The van der Waals surface area contributed by atoms with Gasteiger partial charge < -0.3 is 41.0 Å². The number of likely N-dealkylation sites (tertiary alicyclic amines) is 2. The quantitative estimate of drug-likeness (QED) is 0.0695. The van der Waals surface area contributed by atoms with Crippen LogP contribution in [0.5, 0.6) is 0 Å². The van der Waals surface area contributed by atoms with E-state index in [-0.39, 0.29) is 38.3 Å². The molecule has 0 aliphatic carbocycles. The zero-order chi connectivity index (χ0) is 43.0. The maximum absolute atomic E-state index is 14.2. The number of unbranched alkanes of at least 4 members (excludes halogenated alkanes) is 1. The number of methoxy groups -OCH3 is 1. The van der Waals surface area contributed by atoms with Crippen molar-refractivity contribution < 1.29 is 47.7 Å². The molecule has 2 aromatic carbocycles. The van der Waals surface area contributed by atoms with Crippen LogP contribution >= 0.6 is 7.37 Å². The van der Waals surface area contributed by atoms with Gasteiger partial charge in [-0.15, -0.1) is 0 Å². The Bertz CT molecular complexity index is 1770. The second kappa shape index (κ2) is 23.1. The number of amides is 5. The topological polar surface area (TPSA) is 227 Å². The Hall–Kier alpha value is -4.79. The van der Waals surface area contributed by atoms with Crippen molar-refractivity contribution >= 4 is 43.1 Å². The van der Waals surface area contributed by atoms with Crippen molar-refractivity contribution in [1.29, 1.82) is 0 Å². The van der Waals surface area contributed by atoms with Crippen LogP contribution in [0.1, 0.15) is 82.8 Å². The van der Waals surface area contributed by atoms with Crippen molar-refractivity contribution in [3.05, 3.63) is 71.8 Å². The molecule has 324 valence electrons. The first-order valence-corrected chi connectivity index (χ1v) is 22.5. The van der Waals surface area contributed by atoms with Gasteiger partial charge in [0.25, 0.3) is 0 Å². The van der Waals surface area contributed by atoms with Crippen molar-refractivity contribution in [2.24, 2.45) is 11.7 Å². The number of rotatable bonds is 21. The molecule has 5 amide bonds. The van der Waals surface area contributed by atoms with Crippen LogP contribution in [0.3, 0.4) is 0 Å². The Kier molecular flexibility index (Phi) is 18.4. The maximum atomic E-state index is 14.2. The number of carbonyl (C=O) groups excluding carboxylic acids is 6. The molecule has 2 fully saturated rings. The Labute approximate surface area is 346 Å². The highest BCUT2D eigenvalue weighted by Gasteiger charge is 2.40. The molecule has 2 heterocycles. The molecule has 6 N–H and O–H groups in total. The predicted octanol–water partition coefficient (Wildman–Crippen LogP) is 3.44.